The molecule has 0 saturated carbocycles. The fourth-order valence-electron chi connectivity index (χ4n) is 3.46. The average Bonchev–Trinajstić information content (AvgIpc) is 3.25. The highest BCUT2D eigenvalue weighted by molar-refractivity contribution is 5.34. The number of likely N-dealkylation sites (tertiary alicyclic amines) is 1. The van der Waals surface area contributed by atoms with E-state index in [1.807, 2.05) is 13.8 Å². The first-order chi connectivity index (χ1) is 11.6. The van der Waals surface area contributed by atoms with Crippen molar-refractivity contribution in [2.24, 2.45) is 0 Å². The van der Waals surface area contributed by atoms with Gasteiger partial charge in [0.15, 0.2) is 5.82 Å². The molecule has 24 heavy (non-hydrogen) atoms. The summed E-state index contributed by atoms with van der Waals surface area (Å²) >= 11 is 0. The Bertz CT molecular complexity index is 867. The Kier molecular flexibility index (Phi) is 3.80. The Morgan fingerprint density at radius 2 is 2.12 bits per heavy atom. The number of fused-ring (bicyclic) bond motifs is 1. The molecule has 1 atom stereocenters. The van der Waals surface area contributed by atoms with E-state index in [2.05, 4.69) is 43.6 Å². The maximum atomic E-state index is 5.28. The number of aryl methyl sites for hydroxylation is 3. The molecule has 0 N–H and O–H groups in total. The van der Waals surface area contributed by atoms with Crippen molar-refractivity contribution in [1.29, 1.82) is 0 Å². The molecule has 126 valence electrons. The maximum absolute atomic E-state index is 5.28. The van der Waals surface area contributed by atoms with Crippen molar-refractivity contribution in [3.8, 4) is 0 Å². The second-order valence-electron chi connectivity index (χ2n) is 6.47. The van der Waals surface area contributed by atoms with E-state index in [0.717, 1.165) is 61.0 Å². The van der Waals surface area contributed by atoms with Crippen LogP contribution in [0.15, 0.2) is 16.8 Å². The van der Waals surface area contributed by atoms with Crippen LogP contribution in [0.2, 0.25) is 0 Å². The molecule has 7 heteroatoms. The lowest BCUT2D eigenvalue weighted by Crippen LogP contribution is -2.23. The van der Waals surface area contributed by atoms with Gasteiger partial charge in [0.2, 0.25) is 11.7 Å². The minimum Gasteiger partial charge on any atom is -0.339 e. The molecule has 4 rings (SSSR count). The van der Waals surface area contributed by atoms with E-state index < -0.39 is 0 Å². The highest BCUT2D eigenvalue weighted by atomic mass is 16.5. The van der Waals surface area contributed by atoms with Gasteiger partial charge in [-0.15, -0.1) is 0 Å². The molecule has 3 aromatic heterocycles. The van der Waals surface area contributed by atoms with Crippen molar-refractivity contribution < 1.29 is 4.52 Å². The number of imidazole rings is 1. The number of aromatic nitrogens is 5. The Morgan fingerprint density at radius 1 is 1.25 bits per heavy atom. The quantitative estimate of drug-likeness (QED) is 0.734. The summed E-state index contributed by atoms with van der Waals surface area (Å²) in [7, 11) is 0. The van der Waals surface area contributed by atoms with E-state index >= 15 is 0 Å². The van der Waals surface area contributed by atoms with Gasteiger partial charge < -0.3 is 4.52 Å². The van der Waals surface area contributed by atoms with Gasteiger partial charge >= 0.3 is 0 Å². The number of hydrogen-bond acceptors (Lipinski definition) is 6. The van der Waals surface area contributed by atoms with E-state index in [0.29, 0.717) is 5.89 Å². The molecule has 1 aliphatic heterocycles. The first kappa shape index (κ1) is 15.3. The fraction of sp³-hybridized carbons (Fsp3) is 0.529. The van der Waals surface area contributed by atoms with Gasteiger partial charge in [-0.2, -0.15) is 4.98 Å². The van der Waals surface area contributed by atoms with Crippen molar-refractivity contribution >= 4 is 5.78 Å². The van der Waals surface area contributed by atoms with Crippen molar-refractivity contribution in [2.75, 3.05) is 6.54 Å². The van der Waals surface area contributed by atoms with E-state index in [9.17, 15) is 0 Å². The van der Waals surface area contributed by atoms with Crippen LogP contribution in [0, 0.1) is 13.8 Å². The normalized spacial score (nSPS) is 18.7. The standard InChI is InChI=1S/C17H22N6O/c1-4-15-20-16(21-24-15)14-6-5-7-22(14)9-13-10-23-12(3)8-11(2)18-17(23)19-13/h8,10,14H,4-7,9H2,1-3H3/t14-/m1/s1. The summed E-state index contributed by atoms with van der Waals surface area (Å²) in [6, 6.07) is 2.29. The number of nitrogens with zero attached hydrogens (tertiary/aromatic N) is 6. The van der Waals surface area contributed by atoms with Crippen LogP contribution in [0.3, 0.4) is 0 Å². The zero-order valence-corrected chi connectivity index (χ0v) is 14.4. The lowest BCUT2D eigenvalue weighted by molar-refractivity contribution is 0.232. The molecule has 0 spiro atoms. The second-order valence-corrected chi connectivity index (χ2v) is 6.47. The summed E-state index contributed by atoms with van der Waals surface area (Å²) in [6.45, 7) is 7.91. The Balaban J connectivity index is 1.58. The number of hydrogen-bond donors (Lipinski definition) is 0. The van der Waals surface area contributed by atoms with Gasteiger partial charge in [-0.3, -0.25) is 9.30 Å². The molecule has 0 unspecified atom stereocenters. The smallest absolute Gasteiger partial charge is 0.234 e. The Hall–Kier alpha value is -2.28. The molecule has 1 aliphatic rings. The molecule has 3 aromatic rings. The van der Waals surface area contributed by atoms with Crippen LogP contribution >= 0.6 is 0 Å². The maximum Gasteiger partial charge on any atom is 0.234 e. The summed E-state index contributed by atoms with van der Waals surface area (Å²) < 4.78 is 7.34. The molecule has 1 saturated heterocycles. The molecule has 0 amide bonds. The van der Waals surface area contributed by atoms with Crippen LogP contribution in [-0.2, 0) is 13.0 Å². The first-order valence-electron chi connectivity index (χ1n) is 8.53. The van der Waals surface area contributed by atoms with Crippen LogP contribution < -0.4 is 0 Å². The van der Waals surface area contributed by atoms with Gasteiger partial charge in [0.25, 0.3) is 0 Å². The van der Waals surface area contributed by atoms with Gasteiger partial charge in [-0.1, -0.05) is 12.1 Å². The van der Waals surface area contributed by atoms with Gasteiger partial charge in [0.05, 0.1) is 11.7 Å². The largest absolute Gasteiger partial charge is 0.339 e. The second kappa shape index (κ2) is 5.98. The summed E-state index contributed by atoms with van der Waals surface area (Å²) in [5, 5.41) is 4.16. The summed E-state index contributed by atoms with van der Waals surface area (Å²) in [6.07, 6.45) is 5.06. The highest BCUT2D eigenvalue weighted by Gasteiger charge is 2.30. The highest BCUT2D eigenvalue weighted by Crippen LogP contribution is 2.31. The predicted molar refractivity (Wildman–Crippen MR) is 88.5 cm³/mol. The molecule has 0 aliphatic carbocycles. The van der Waals surface area contributed by atoms with Gasteiger partial charge in [-0.25, -0.2) is 9.97 Å². The first-order valence-corrected chi connectivity index (χ1v) is 8.53. The molecular weight excluding hydrogens is 304 g/mol. The molecular formula is C17H22N6O. The topological polar surface area (TPSA) is 72.4 Å². The Labute approximate surface area is 140 Å². The summed E-state index contributed by atoms with van der Waals surface area (Å²) in [5.41, 5.74) is 3.18. The van der Waals surface area contributed by atoms with E-state index in [-0.39, 0.29) is 6.04 Å². The van der Waals surface area contributed by atoms with Crippen molar-refractivity contribution in [1.82, 2.24) is 29.4 Å². The molecule has 0 aromatic carbocycles. The molecule has 1 fully saturated rings. The van der Waals surface area contributed by atoms with Gasteiger partial charge in [0, 0.05) is 30.6 Å². The van der Waals surface area contributed by atoms with Crippen LogP contribution in [0.1, 0.15) is 54.6 Å². The third-order valence-electron chi connectivity index (χ3n) is 4.62. The van der Waals surface area contributed by atoms with Crippen LogP contribution in [0.25, 0.3) is 5.78 Å². The van der Waals surface area contributed by atoms with Crippen molar-refractivity contribution in [3.63, 3.8) is 0 Å². The molecule has 4 heterocycles. The van der Waals surface area contributed by atoms with Crippen LogP contribution in [0.5, 0.6) is 0 Å². The SMILES string of the molecule is CCc1nc([C@H]2CCCN2Cc2cn3c(C)cc(C)nc3n2)no1. The lowest BCUT2D eigenvalue weighted by Gasteiger charge is -2.20. The zero-order valence-electron chi connectivity index (χ0n) is 14.4. The third-order valence-corrected chi connectivity index (χ3v) is 4.62. The van der Waals surface area contributed by atoms with Crippen LogP contribution in [-0.4, -0.2) is 36.0 Å². The van der Waals surface area contributed by atoms with E-state index in [4.69, 9.17) is 9.51 Å². The molecule has 0 bridgehead atoms. The van der Waals surface area contributed by atoms with Crippen LogP contribution in [0.4, 0.5) is 0 Å². The number of rotatable bonds is 4. The van der Waals surface area contributed by atoms with E-state index in [1.54, 1.807) is 0 Å². The van der Waals surface area contributed by atoms with Crippen molar-refractivity contribution in [3.05, 3.63) is 41.1 Å². The van der Waals surface area contributed by atoms with Crippen molar-refractivity contribution in [2.45, 2.75) is 52.6 Å². The molecule has 0 radical (unpaired) electrons. The van der Waals surface area contributed by atoms with Gasteiger partial charge in [-0.05, 0) is 39.3 Å². The minimum absolute atomic E-state index is 0.217. The average molecular weight is 326 g/mol. The Morgan fingerprint density at radius 3 is 2.92 bits per heavy atom. The van der Waals surface area contributed by atoms with Gasteiger partial charge in [0.1, 0.15) is 0 Å². The third kappa shape index (κ3) is 2.69. The molecule has 7 nitrogen and oxygen atoms in total. The summed E-state index contributed by atoms with van der Waals surface area (Å²) in [4.78, 5) is 16.1. The minimum atomic E-state index is 0.217. The predicted octanol–water partition coefficient (Wildman–Crippen LogP) is 2.63. The fourth-order valence-corrected chi connectivity index (χ4v) is 3.46. The van der Waals surface area contributed by atoms with E-state index in [1.165, 1.54) is 0 Å². The zero-order chi connectivity index (χ0) is 16.7. The lowest BCUT2D eigenvalue weighted by atomic mass is 10.2. The summed E-state index contributed by atoms with van der Waals surface area (Å²) in [5.74, 6) is 2.28. The monoisotopic (exact) mass is 326 g/mol.